The van der Waals surface area contributed by atoms with Crippen molar-refractivity contribution in [1.29, 1.82) is 0 Å². The van der Waals surface area contributed by atoms with Crippen LogP contribution in [0.3, 0.4) is 0 Å². The average Bonchev–Trinajstić information content (AvgIpc) is 2.17. The largest absolute Gasteiger partial charge is 1.00 e. The van der Waals surface area contributed by atoms with Crippen molar-refractivity contribution >= 4 is 22.7 Å². The third-order valence-electron chi connectivity index (χ3n) is 1.56. The van der Waals surface area contributed by atoms with Crippen molar-refractivity contribution in [2.45, 2.75) is 11.1 Å². The van der Waals surface area contributed by atoms with E-state index in [9.17, 15) is 26.7 Å². The molecule has 1 rings (SSSR count). The Labute approximate surface area is 119 Å². The number of hydrogen-bond acceptors (Lipinski definition) is 3. The zero-order chi connectivity index (χ0) is 12.3. The van der Waals surface area contributed by atoms with Gasteiger partial charge in [-0.2, -0.15) is 13.2 Å². The van der Waals surface area contributed by atoms with Gasteiger partial charge in [-0.15, -0.1) is 0 Å². The van der Waals surface area contributed by atoms with Gasteiger partial charge in [0.1, 0.15) is 0 Å². The van der Waals surface area contributed by atoms with E-state index in [1.807, 2.05) is 0 Å². The second kappa shape index (κ2) is 6.50. The average molecular weight is 275 g/mol. The Hall–Kier alpha value is -0.410. The molecule has 0 aliphatic carbocycles. The summed E-state index contributed by atoms with van der Waals surface area (Å²) in [6.45, 7) is 0. The number of carbonyl (C=O) groups is 1. The van der Waals surface area contributed by atoms with Crippen molar-refractivity contribution < 1.29 is 56.3 Å². The molecule has 9 heteroatoms. The molecule has 0 spiro atoms. The van der Waals surface area contributed by atoms with Crippen LogP contribution in [0.4, 0.5) is 18.9 Å². The Morgan fingerprint density at radius 2 is 1.71 bits per heavy atom. The molecule has 0 saturated carbocycles. The molecular formula is C8H5F3NNaO3S. The molecule has 0 aliphatic heterocycles. The van der Waals surface area contributed by atoms with Crippen molar-refractivity contribution in [3.8, 4) is 0 Å². The maximum atomic E-state index is 11.8. The van der Waals surface area contributed by atoms with E-state index >= 15 is 0 Å². The van der Waals surface area contributed by atoms with Crippen molar-refractivity contribution in [3.63, 3.8) is 0 Å². The number of benzene rings is 1. The van der Waals surface area contributed by atoms with E-state index in [1.165, 1.54) is 0 Å². The fourth-order valence-electron chi connectivity index (χ4n) is 0.851. The summed E-state index contributed by atoms with van der Waals surface area (Å²) in [5.41, 5.74) is -0.128. The fourth-order valence-corrected chi connectivity index (χ4v) is 1.21. The first kappa shape index (κ1) is 16.6. The van der Waals surface area contributed by atoms with Gasteiger partial charge in [0.15, 0.2) is 0 Å². The Kier molecular flexibility index (Phi) is 6.35. The number of hydrogen-bond donors (Lipinski definition) is 1. The second-order valence-electron chi connectivity index (χ2n) is 2.71. The summed E-state index contributed by atoms with van der Waals surface area (Å²) in [5.74, 6) is -2.11. The van der Waals surface area contributed by atoms with Gasteiger partial charge in [-0.1, -0.05) is 0 Å². The topological polar surface area (TPSA) is 69.2 Å². The van der Waals surface area contributed by atoms with Gasteiger partial charge in [-0.3, -0.25) is 9.00 Å². The van der Waals surface area contributed by atoms with Crippen molar-refractivity contribution in [2.24, 2.45) is 0 Å². The van der Waals surface area contributed by atoms with Gasteiger partial charge in [-0.05, 0) is 35.3 Å². The predicted octanol–water partition coefficient (Wildman–Crippen LogP) is -1.57. The molecule has 1 amide bonds. The second-order valence-corrected chi connectivity index (χ2v) is 3.65. The molecule has 0 saturated heterocycles. The van der Waals surface area contributed by atoms with Crippen LogP contribution >= 0.6 is 0 Å². The zero-order valence-electron chi connectivity index (χ0n) is 8.58. The normalized spacial score (nSPS) is 12.5. The number of rotatable bonds is 2. The van der Waals surface area contributed by atoms with E-state index in [0.717, 1.165) is 24.3 Å². The molecule has 0 aromatic heterocycles. The SMILES string of the molecule is O=C(Nc1ccc(S(=O)[O-])cc1)C(F)(F)F.[Na+]. The van der Waals surface area contributed by atoms with Gasteiger partial charge in [0.05, 0.1) is 0 Å². The first-order valence-electron chi connectivity index (χ1n) is 3.88. The molecule has 1 atom stereocenters. The molecule has 0 radical (unpaired) electrons. The summed E-state index contributed by atoms with van der Waals surface area (Å²) >= 11 is -2.45. The van der Waals surface area contributed by atoms with Crippen molar-refractivity contribution in [2.75, 3.05) is 5.32 Å². The Bertz CT molecular complexity index is 421. The summed E-state index contributed by atoms with van der Waals surface area (Å²) in [7, 11) is 0. The van der Waals surface area contributed by atoms with E-state index in [1.54, 1.807) is 5.32 Å². The van der Waals surface area contributed by atoms with Crippen LogP contribution in [0.5, 0.6) is 0 Å². The minimum Gasteiger partial charge on any atom is -0.768 e. The van der Waals surface area contributed by atoms with E-state index in [2.05, 4.69) is 0 Å². The maximum absolute atomic E-state index is 11.8. The molecule has 0 heterocycles. The van der Waals surface area contributed by atoms with Crippen LogP contribution in [0, 0.1) is 0 Å². The fraction of sp³-hybridized carbons (Fsp3) is 0.125. The van der Waals surface area contributed by atoms with E-state index in [0.29, 0.717) is 0 Å². The molecular weight excluding hydrogens is 270 g/mol. The third-order valence-corrected chi connectivity index (χ3v) is 2.22. The first-order valence-corrected chi connectivity index (χ1v) is 4.95. The first-order chi connectivity index (χ1) is 7.30. The molecule has 0 bridgehead atoms. The van der Waals surface area contributed by atoms with Gasteiger partial charge < -0.3 is 9.87 Å². The van der Waals surface area contributed by atoms with E-state index in [-0.39, 0.29) is 40.1 Å². The number of anilines is 1. The summed E-state index contributed by atoms with van der Waals surface area (Å²) in [6, 6.07) is 4.29. The number of halogens is 3. The number of alkyl halides is 3. The molecule has 1 aromatic carbocycles. The van der Waals surface area contributed by atoms with Gasteiger partial charge in [-0.25, -0.2) is 0 Å². The minimum absolute atomic E-state index is 0. The van der Waals surface area contributed by atoms with Gasteiger partial charge in [0, 0.05) is 10.6 Å². The molecule has 1 aromatic rings. The minimum atomic E-state index is -4.97. The molecule has 1 unspecified atom stereocenters. The Morgan fingerprint density at radius 1 is 1.24 bits per heavy atom. The van der Waals surface area contributed by atoms with Crippen LogP contribution in [0.1, 0.15) is 0 Å². The van der Waals surface area contributed by atoms with E-state index < -0.39 is 23.2 Å². The van der Waals surface area contributed by atoms with E-state index in [4.69, 9.17) is 0 Å². The van der Waals surface area contributed by atoms with Crippen LogP contribution in [-0.2, 0) is 15.9 Å². The van der Waals surface area contributed by atoms with Crippen LogP contribution in [0.2, 0.25) is 0 Å². The number of amides is 1. The third kappa shape index (κ3) is 5.17. The van der Waals surface area contributed by atoms with Gasteiger partial charge in [0.2, 0.25) is 0 Å². The molecule has 1 N–H and O–H groups in total. The Balaban J connectivity index is 0.00000256. The number of carbonyl (C=O) groups excluding carboxylic acids is 1. The molecule has 0 aliphatic rings. The summed E-state index contributed by atoms with van der Waals surface area (Å²) in [6.07, 6.45) is -4.97. The van der Waals surface area contributed by atoms with Crippen LogP contribution in [0.15, 0.2) is 29.2 Å². The molecule has 4 nitrogen and oxygen atoms in total. The van der Waals surface area contributed by atoms with Gasteiger partial charge >= 0.3 is 41.6 Å². The maximum Gasteiger partial charge on any atom is 1.00 e. The standard InChI is InChI=1S/C8H6F3NO3S.Na/c9-8(10,11)7(13)12-5-1-3-6(4-2-5)16(14)15;/h1-4H,(H,12,13)(H,14,15);/q;+1/p-1. The quantitative estimate of drug-likeness (QED) is 0.523. The summed E-state index contributed by atoms with van der Waals surface area (Å²) in [4.78, 5) is 10.4. The predicted molar refractivity (Wildman–Crippen MR) is 48.3 cm³/mol. The van der Waals surface area contributed by atoms with Crippen LogP contribution in [0.25, 0.3) is 0 Å². The van der Waals surface area contributed by atoms with Crippen molar-refractivity contribution in [3.05, 3.63) is 24.3 Å². The monoisotopic (exact) mass is 275 g/mol. The summed E-state index contributed by atoms with van der Waals surface area (Å²) < 4.78 is 56.3. The Morgan fingerprint density at radius 3 is 2.06 bits per heavy atom. The smallest absolute Gasteiger partial charge is 0.768 e. The number of nitrogens with one attached hydrogen (secondary N) is 1. The molecule has 88 valence electrons. The van der Waals surface area contributed by atoms with Crippen molar-refractivity contribution in [1.82, 2.24) is 0 Å². The van der Waals surface area contributed by atoms with Gasteiger partial charge in [0.25, 0.3) is 0 Å². The van der Waals surface area contributed by atoms with Crippen LogP contribution in [-0.4, -0.2) is 20.8 Å². The summed E-state index contributed by atoms with van der Waals surface area (Å²) in [5, 5.41) is 1.58. The molecule has 0 fully saturated rings. The zero-order valence-corrected chi connectivity index (χ0v) is 11.4. The van der Waals surface area contributed by atoms with Crippen LogP contribution < -0.4 is 34.9 Å². The molecule has 17 heavy (non-hydrogen) atoms.